The minimum absolute atomic E-state index is 0.0936. The molecule has 0 bridgehead atoms. The van der Waals surface area contributed by atoms with Gasteiger partial charge in [0, 0.05) is 15.6 Å². The molecule has 1 aromatic heterocycles. The maximum absolute atomic E-state index is 12.2. The summed E-state index contributed by atoms with van der Waals surface area (Å²) >= 11 is 8.98. The summed E-state index contributed by atoms with van der Waals surface area (Å²) in [4.78, 5) is 13.3. The molecule has 2 aromatic carbocycles. The molecule has 3 rings (SSSR count). The van der Waals surface area contributed by atoms with Crippen molar-refractivity contribution in [3.63, 3.8) is 0 Å². The zero-order valence-corrected chi connectivity index (χ0v) is 15.7. The van der Waals surface area contributed by atoms with Crippen LogP contribution in [0.15, 0.2) is 64.9 Å². The lowest BCUT2D eigenvalue weighted by Gasteiger charge is -2.08. The van der Waals surface area contributed by atoms with E-state index in [1.54, 1.807) is 28.7 Å². The summed E-state index contributed by atoms with van der Waals surface area (Å²) in [7, 11) is 0. The standard InChI is InChI=1S/C17H15ClN4OS2/c1-24-15-7-3-5-13(9-15)20-16(23)10-25-17-21-19-11-22(17)14-6-2-4-12(18)8-14/h2-9,11H,10H2,1H3,(H,20,23). The van der Waals surface area contributed by atoms with Gasteiger partial charge in [-0.3, -0.25) is 9.36 Å². The molecule has 1 N–H and O–H groups in total. The first kappa shape index (κ1) is 17.8. The fraction of sp³-hybridized carbons (Fsp3) is 0.118. The highest BCUT2D eigenvalue weighted by Crippen LogP contribution is 2.22. The Bertz CT molecular complexity index is 884. The number of thioether (sulfide) groups is 2. The second-order valence-electron chi connectivity index (χ2n) is 5.03. The quantitative estimate of drug-likeness (QED) is 0.633. The Morgan fingerprint density at radius 1 is 1.24 bits per heavy atom. The molecule has 128 valence electrons. The first-order valence-corrected chi connectivity index (χ1v) is 9.97. The summed E-state index contributed by atoms with van der Waals surface area (Å²) in [6, 6.07) is 15.1. The van der Waals surface area contributed by atoms with E-state index >= 15 is 0 Å². The van der Waals surface area contributed by atoms with Crippen molar-refractivity contribution in [2.45, 2.75) is 10.1 Å². The van der Waals surface area contributed by atoms with Crippen molar-refractivity contribution in [2.24, 2.45) is 0 Å². The Labute approximate surface area is 159 Å². The number of carbonyl (C=O) groups is 1. The third-order valence-corrected chi connectivity index (χ3v) is 5.19. The summed E-state index contributed by atoms with van der Waals surface area (Å²) in [6.07, 6.45) is 3.60. The van der Waals surface area contributed by atoms with Gasteiger partial charge in [0.25, 0.3) is 0 Å². The number of anilines is 1. The first-order valence-electron chi connectivity index (χ1n) is 7.38. The van der Waals surface area contributed by atoms with Gasteiger partial charge >= 0.3 is 0 Å². The molecule has 0 aliphatic heterocycles. The van der Waals surface area contributed by atoms with Gasteiger partial charge in [0.1, 0.15) is 6.33 Å². The van der Waals surface area contributed by atoms with Crippen LogP contribution in [0.25, 0.3) is 5.69 Å². The summed E-state index contributed by atoms with van der Waals surface area (Å²) < 4.78 is 1.80. The number of hydrogen-bond acceptors (Lipinski definition) is 5. The van der Waals surface area contributed by atoms with Crippen LogP contribution in [-0.4, -0.2) is 32.7 Å². The predicted octanol–water partition coefficient (Wildman–Crippen LogP) is 4.37. The number of nitrogens with zero attached hydrogens (tertiary/aromatic N) is 3. The molecule has 0 aliphatic carbocycles. The summed E-state index contributed by atoms with van der Waals surface area (Å²) in [6.45, 7) is 0. The van der Waals surface area contributed by atoms with Crippen molar-refractivity contribution in [3.8, 4) is 5.69 Å². The Kier molecular flexibility index (Phi) is 6.01. The van der Waals surface area contributed by atoms with Crippen LogP contribution in [0.4, 0.5) is 5.69 Å². The first-order chi connectivity index (χ1) is 12.2. The van der Waals surface area contributed by atoms with Crippen molar-refractivity contribution < 1.29 is 4.79 Å². The fourth-order valence-electron chi connectivity index (χ4n) is 2.15. The number of nitrogens with one attached hydrogen (secondary N) is 1. The van der Waals surface area contributed by atoms with Gasteiger partial charge in [-0.25, -0.2) is 0 Å². The lowest BCUT2D eigenvalue weighted by atomic mass is 10.3. The number of rotatable bonds is 6. The smallest absolute Gasteiger partial charge is 0.234 e. The molecule has 1 amide bonds. The van der Waals surface area contributed by atoms with Gasteiger partial charge in [-0.15, -0.1) is 22.0 Å². The van der Waals surface area contributed by atoms with Crippen molar-refractivity contribution in [2.75, 3.05) is 17.3 Å². The average molecular weight is 391 g/mol. The van der Waals surface area contributed by atoms with Gasteiger partial charge in [0.2, 0.25) is 5.91 Å². The highest BCUT2D eigenvalue weighted by atomic mass is 35.5. The molecule has 8 heteroatoms. The minimum atomic E-state index is -0.0936. The zero-order valence-electron chi connectivity index (χ0n) is 13.3. The SMILES string of the molecule is CSc1cccc(NC(=O)CSc2nncn2-c2cccc(Cl)c2)c1. The van der Waals surface area contributed by atoms with Gasteiger partial charge in [0.05, 0.1) is 11.4 Å². The molecule has 0 unspecified atom stereocenters. The predicted molar refractivity (Wildman–Crippen MR) is 104 cm³/mol. The van der Waals surface area contributed by atoms with Gasteiger partial charge in [-0.1, -0.05) is 35.5 Å². The van der Waals surface area contributed by atoms with E-state index in [4.69, 9.17) is 11.6 Å². The van der Waals surface area contributed by atoms with Crippen LogP contribution >= 0.6 is 35.1 Å². The maximum atomic E-state index is 12.2. The maximum Gasteiger partial charge on any atom is 0.234 e. The molecule has 25 heavy (non-hydrogen) atoms. The molecule has 0 atom stereocenters. The normalized spacial score (nSPS) is 10.6. The van der Waals surface area contributed by atoms with Crippen LogP contribution in [0, 0.1) is 0 Å². The highest BCUT2D eigenvalue weighted by molar-refractivity contribution is 7.99. The van der Waals surface area contributed by atoms with Crippen LogP contribution in [0.5, 0.6) is 0 Å². The van der Waals surface area contributed by atoms with E-state index in [9.17, 15) is 4.79 Å². The molecule has 5 nitrogen and oxygen atoms in total. The van der Waals surface area contributed by atoms with Gasteiger partial charge < -0.3 is 5.32 Å². The Balaban J connectivity index is 1.64. The molecule has 0 saturated heterocycles. The average Bonchev–Trinajstić information content (AvgIpc) is 3.09. The molecule has 1 heterocycles. The van der Waals surface area contributed by atoms with E-state index in [1.807, 2.05) is 48.7 Å². The van der Waals surface area contributed by atoms with E-state index in [-0.39, 0.29) is 11.7 Å². The topological polar surface area (TPSA) is 59.8 Å². The lowest BCUT2D eigenvalue weighted by Crippen LogP contribution is -2.14. The molecule has 0 radical (unpaired) electrons. The van der Waals surface area contributed by atoms with E-state index in [0.29, 0.717) is 10.2 Å². The number of amides is 1. The number of carbonyl (C=O) groups excluding carboxylic acids is 1. The van der Waals surface area contributed by atoms with E-state index in [1.165, 1.54) is 11.8 Å². The number of benzene rings is 2. The third kappa shape index (κ3) is 4.78. The van der Waals surface area contributed by atoms with Crippen LogP contribution < -0.4 is 5.32 Å². The van der Waals surface area contributed by atoms with Crippen LogP contribution in [0.2, 0.25) is 5.02 Å². The largest absolute Gasteiger partial charge is 0.325 e. The second kappa shape index (κ2) is 8.42. The van der Waals surface area contributed by atoms with Crippen LogP contribution in [-0.2, 0) is 4.79 Å². The van der Waals surface area contributed by atoms with Gasteiger partial charge in [-0.2, -0.15) is 0 Å². The summed E-state index contributed by atoms with van der Waals surface area (Å²) in [5, 5.41) is 12.2. The third-order valence-electron chi connectivity index (χ3n) is 3.29. The van der Waals surface area contributed by atoms with Crippen LogP contribution in [0.1, 0.15) is 0 Å². The fourth-order valence-corrected chi connectivity index (χ4v) is 3.53. The molecule has 0 spiro atoms. The number of aromatic nitrogens is 3. The van der Waals surface area contributed by atoms with Gasteiger partial charge in [0.15, 0.2) is 5.16 Å². The Hall–Kier alpha value is -1.96. The molecule has 3 aromatic rings. The highest BCUT2D eigenvalue weighted by Gasteiger charge is 2.11. The second-order valence-corrected chi connectivity index (χ2v) is 7.29. The number of halogens is 1. The number of hydrogen-bond donors (Lipinski definition) is 1. The molecule has 0 saturated carbocycles. The monoisotopic (exact) mass is 390 g/mol. The molecular formula is C17H15ClN4OS2. The Morgan fingerprint density at radius 3 is 2.88 bits per heavy atom. The molecule has 0 fully saturated rings. The minimum Gasteiger partial charge on any atom is -0.325 e. The van der Waals surface area contributed by atoms with E-state index < -0.39 is 0 Å². The molecule has 0 aliphatic rings. The Morgan fingerprint density at radius 2 is 2.08 bits per heavy atom. The van der Waals surface area contributed by atoms with Crippen molar-refractivity contribution in [1.29, 1.82) is 0 Å². The summed E-state index contributed by atoms with van der Waals surface area (Å²) in [5.41, 5.74) is 1.64. The summed E-state index contributed by atoms with van der Waals surface area (Å²) in [5.74, 6) is 0.145. The van der Waals surface area contributed by atoms with E-state index in [2.05, 4.69) is 15.5 Å². The zero-order chi connectivity index (χ0) is 17.6. The van der Waals surface area contributed by atoms with Crippen molar-refractivity contribution in [3.05, 3.63) is 59.9 Å². The van der Waals surface area contributed by atoms with Gasteiger partial charge in [-0.05, 0) is 42.7 Å². The van der Waals surface area contributed by atoms with Crippen molar-refractivity contribution >= 4 is 46.7 Å². The van der Waals surface area contributed by atoms with E-state index in [0.717, 1.165) is 16.3 Å². The lowest BCUT2D eigenvalue weighted by molar-refractivity contribution is -0.113. The molecular weight excluding hydrogens is 376 g/mol. The van der Waals surface area contributed by atoms with Crippen molar-refractivity contribution in [1.82, 2.24) is 14.8 Å². The van der Waals surface area contributed by atoms with Crippen LogP contribution in [0.3, 0.4) is 0 Å².